The fourth-order valence-corrected chi connectivity index (χ4v) is 3.38. The van der Waals surface area contributed by atoms with Gasteiger partial charge in [0.05, 0.1) is 0 Å². The van der Waals surface area contributed by atoms with Gasteiger partial charge in [-0.3, -0.25) is 0 Å². The van der Waals surface area contributed by atoms with Crippen LogP contribution < -0.4 is 0 Å². The molecule has 114 valence electrons. The molecule has 0 fully saturated rings. The van der Waals surface area contributed by atoms with Crippen LogP contribution in [0.3, 0.4) is 0 Å². The maximum Gasteiger partial charge on any atom is 0.365 e. The van der Waals surface area contributed by atoms with Gasteiger partial charge in [0.1, 0.15) is 0 Å². The van der Waals surface area contributed by atoms with Gasteiger partial charge in [-0.2, -0.15) is 0 Å². The van der Waals surface area contributed by atoms with E-state index in [1.54, 1.807) is 5.70 Å². The summed E-state index contributed by atoms with van der Waals surface area (Å²) in [6, 6.07) is -2.52. The predicted molar refractivity (Wildman–Crippen MR) is 93.5 cm³/mol. The van der Waals surface area contributed by atoms with Crippen LogP contribution in [0.15, 0.2) is 11.8 Å². The van der Waals surface area contributed by atoms with E-state index in [2.05, 4.69) is 6.92 Å². The van der Waals surface area contributed by atoms with Gasteiger partial charge >= 0.3 is 6.00 Å². The van der Waals surface area contributed by atoms with Crippen LogP contribution in [-0.2, 0) is 0 Å². The summed E-state index contributed by atoms with van der Waals surface area (Å²) in [7, 11) is 0. The van der Waals surface area contributed by atoms with E-state index in [0.29, 0.717) is 0 Å². The molecule has 0 unspecified atom stereocenters. The molecule has 0 rings (SSSR count). The van der Waals surface area contributed by atoms with Crippen LogP contribution in [0.4, 0.5) is 0 Å². The molecule has 0 saturated carbocycles. The van der Waals surface area contributed by atoms with E-state index in [0.717, 1.165) is 6.42 Å². The van der Waals surface area contributed by atoms with Gasteiger partial charge in [-0.15, -0.1) is 33.2 Å². The van der Waals surface area contributed by atoms with Crippen LogP contribution in [0, 0.1) is 0 Å². The number of rotatable bonds is 13. The topological polar surface area (TPSA) is 0 Å². The first-order valence-electron chi connectivity index (χ1n) is 7.80. The Labute approximate surface area is 135 Å². The monoisotopic (exact) mass is 342 g/mol. The summed E-state index contributed by atoms with van der Waals surface area (Å²) >= 11 is 17.3. The standard InChI is InChI=1S/C15H29Cl3Si/c1-2-3-4-5-6-7-8-9-10-11-12-13-14-15-19(16,17)18/h14-15H,2-13H2,1H3/b15-14+. The number of allylic oxidation sites excluding steroid dienone is 1. The Morgan fingerprint density at radius 2 is 1.11 bits per heavy atom. The fraction of sp³-hybridized carbons (Fsp3) is 0.867. The third kappa shape index (κ3) is 18.8. The number of hydrogen-bond donors (Lipinski definition) is 0. The van der Waals surface area contributed by atoms with E-state index >= 15 is 0 Å². The molecule has 0 heterocycles. The zero-order valence-electron chi connectivity index (χ0n) is 12.3. The van der Waals surface area contributed by atoms with E-state index < -0.39 is 6.00 Å². The van der Waals surface area contributed by atoms with Gasteiger partial charge in [-0.1, -0.05) is 82.9 Å². The molecular formula is C15H29Cl3Si. The minimum atomic E-state index is -2.52. The summed E-state index contributed by atoms with van der Waals surface area (Å²) in [6.07, 6.45) is 18.2. The van der Waals surface area contributed by atoms with Gasteiger partial charge in [0.25, 0.3) is 0 Å². The van der Waals surface area contributed by atoms with Gasteiger partial charge in [-0.05, 0) is 12.8 Å². The zero-order chi connectivity index (χ0) is 14.4. The van der Waals surface area contributed by atoms with Gasteiger partial charge < -0.3 is 0 Å². The maximum absolute atomic E-state index is 5.76. The second-order valence-electron chi connectivity index (χ2n) is 5.27. The van der Waals surface area contributed by atoms with Gasteiger partial charge in [0.2, 0.25) is 0 Å². The van der Waals surface area contributed by atoms with Crippen molar-refractivity contribution in [2.75, 3.05) is 0 Å². The van der Waals surface area contributed by atoms with Crippen LogP contribution in [0.2, 0.25) is 0 Å². The Bertz CT molecular complexity index is 212. The highest BCUT2D eigenvalue weighted by atomic mass is 35.8. The van der Waals surface area contributed by atoms with E-state index in [1.165, 1.54) is 70.6 Å². The smallest absolute Gasteiger partial charge is 0.121 e. The molecule has 0 atom stereocenters. The lowest BCUT2D eigenvalue weighted by atomic mass is 10.1. The molecule has 0 radical (unpaired) electrons. The Kier molecular flexibility index (Phi) is 14.4. The molecule has 0 aromatic heterocycles. The van der Waals surface area contributed by atoms with Gasteiger partial charge in [0, 0.05) is 0 Å². The second kappa shape index (κ2) is 13.8. The minimum Gasteiger partial charge on any atom is -0.121 e. The summed E-state index contributed by atoms with van der Waals surface area (Å²) in [5, 5.41) is 0. The molecule has 0 bridgehead atoms. The molecule has 0 aromatic carbocycles. The highest BCUT2D eigenvalue weighted by Crippen LogP contribution is 2.21. The molecule has 0 saturated heterocycles. The van der Waals surface area contributed by atoms with Crippen molar-refractivity contribution in [1.29, 1.82) is 0 Å². The largest absolute Gasteiger partial charge is 0.365 e. The number of hydrogen-bond acceptors (Lipinski definition) is 0. The maximum atomic E-state index is 5.76. The van der Waals surface area contributed by atoms with E-state index in [4.69, 9.17) is 33.2 Å². The molecular weight excluding hydrogens is 315 g/mol. The third-order valence-electron chi connectivity index (χ3n) is 3.28. The third-order valence-corrected chi connectivity index (χ3v) is 5.03. The minimum absolute atomic E-state index is 1.05. The van der Waals surface area contributed by atoms with Crippen LogP contribution in [-0.4, -0.2) is 6.00 Å². The summed E-state index contributed by atoms with van der Waals surface area (Å²) in [5.74, 6) is 0. The quantitative estimate of drug-likeness (QED) is 0.185. The summed E-state index contributed by atoms with van der Waals surface area (Å²) in [4.78, 5) is 0. The number of unbranched alkanes of at least 4 members (excludes halogenated alkanes) is 11. The lowest BCUT2D eigenvalue weighted by Crippen LogP contribution is -2.02. The van der Waals surface area contributed by atoms with Crippen molar-refractivity contribution >= 4 is 39.2 Å². The fourth-order valence-electron chi connectivity index (χ4n) is 2.14. The predicted octanol–water partition coefficient (Wildman–Crippen LogP) is 7.44. The van der Waals surface area contributed by atoms with Crippen molar-refractivity contribution in [1.82, 2.24) is 0 Å². The summed E-state index contributed by atoms with van der Waals surface area (Å²) in [5.41, 5.74) is 1.79. The van der Waals surface area contributed by atoms with Crippen molar-refractivity contribution in [3.8, 4) is 0 Å². The SMILES string of the molecule is CCCCCCCCCCCCC/C=C/[Si](Cl)(Cl)Cl. The van der Waals surface area contributed by atoms with Crippen molar-refractivity contribution in [2.24, 2.45) is 0 Å². The lowest BCUT2D eigenvalue weighted by molar-refractivity contribution is 0.550. The Morgan fingerprint density at radius 3 is 1.53 bits per heavy atom. The molecule has 0 spiro atoms. The van der Waals surface area contributed by atoms with Crippen molar-refractivity contribution in [2.45, 2.75) is 84.0 Å². The first-order valence-corrected chi connectivity index (χ1v) is 12.9. The van der Waals surface area contributed by atoms with Crippen molar-refractivity contribution in [3.63, 3.8) is 0 Å². The molecule has 0 amide bonds. The van der Waals surface area contributed by atoms with Crippen LogP contribution in [0.25, 0.3) is 0 Å². The van der Waals surface area contributed by atoms with Crippen molar-refractivity contribution < 1.29 is 0 Å². The Balaban J connectivity index is 3.09. The average Bonchev–Trinajstić information content (AvgIpc) is 2.34. The van der Waals surface area contributed by atoms with Gasteiger partial charge in [-0.25, -0.2) is 0 Å². The lowest BCUT2D eigenvalue weighted by Gasteiger charge is -2.02. The molecule has 19 heavy (non-hydrogen) atoms. The number of halogens is 3. The first-order chi connectivity index (χ1) is 9.06. The normalized spacial score (nSPS) is 12.4. The van der Waals surface area contributed by atoms with E-state index in [1.807, 2.05) is 6.08 Å². The van der Waals surface area contributed by atoms with E-state index in [9.17, 15) is 0 Å². The zero-order valence-corrected chi connectivity index (χ0v) is 15.5. The van der Waals surface area contributed by atoms with Crippen LogP contribution >= 0.6 is 33.2 Å². The highest BCUT2D eigenvalue weighted by Gasteiger charge is 2.19. The molecule has 0 aliphatic rings. The average molecular weight is 344 g/mol. The van der Waals surface area contributed by atoms with E-state index in [-0.39, 0.29) is 0 Å². The second-order valence-corrected chi connectivity index (χ2v) is 13.8. The first kappa shape index (κ1) is 19.8. The van der Waals surface area contributed by atoms with Crippen molar-refractivity contribution in [3.05, 3.63) is 11.8 Å². The van der Waals surface area contributed by atoms with Crippen LogP contribution in [0.5, 0.6) is 0 Å². The van der Waals surface area contributed by atoms with Crippen LogP contribution in [0.1, 0.15) is 84.0 Å². The highest BCUT2D eigenvalue weighted by molar-refractivity contribution is 7.66. The Hall–Kier alpha value is 0.827. The molecule has 0 N–H and O–H groups in total. The molecule has 4 heteroatoms. The summed E-state index contributed by atoms with van der Waals surface area (Å²) in [6.45, 7) is 2.27. The molecule has 0 aliphatic heterocycles. The summed E-state index contributed by atoms with van der Waals surface area (Å²) < 4.78 is 0. The van der Waals surface area contributed by atoms with Gasteiger partial charge in [0.15, 0.2) is 0 Å². The molecule has 0 nitrogen and oxygen atoms in total. The molecule has 0 aromatic rings. The Morgan fingerprint density at radius 1 is 0.684 bits per heavy atom. The molecule has 0 aliphatic carbocycles.